The minimum Gasteiger partial charge on any atom is -0.354 e. The van der Waals surface area contributed by atoms with Crippen LogP contribution in [0.2, 0.25) is 0 Å². The van der Waals surface area contributed by atoms with Crippen LogP contribution in [0.1, 0.15) is 20.3 Å². The molecular weight excluding hydrogens is 296 g/mol. The Balaban J connectivity index is 2.87. The molecule has 0 saturated heterocycles. The number of hydrogen-bond acceptors (Lipinski definition) is 6. The van der Waals surface area contributed by atoms with E-state index in [1.165, 1.54) is 16.7 Å². The molecule has 1 heterocycles. The maximum Gasteiger partial charge on any atom is 0.246 e. The monoisotopic (exact) mass is 318 g/mol. The summed E-state index contributed by atoms with van der Waals surface area (Å²) in [7, 11) is -1.95. The lowest BCUT2D eigenvalue weighted by molar-refractivity contribution is 0.414. The van der Waals surface area contributed by atoms with Crippen molar-refractivity contribution in [1.82, 2.24) is 14.3 Å². The van der Waals surface area contributed by atoms with Crippen molar-refractivity contribution in [2.45, 2.75) is 31.2 Å². The predicted octanol–water partition coefficient (Wildman–Crippen LogP) is 1.67. The minimum absolute atomic E-state index is 0.0760. The summed E-state index contributed by atoms with van der Waals surface area (Å²) in [6.07, 6.45) is 5.61. The van der Waals surface area contributed by atoms with Gasteiger partial charge in [-0.25, -0.2) is 18.4 Å². The highest BCUT2D eigenvalue weighted by molar-refractivity contribution is 7.98. The van der Waals surface area contributed by atoms with Gasteiger partial charge in [-0.15, -0.1) is 0 Å². The second-order valence-corrected chi connectivity index (χ2v) is 7.40. The first-order chi connectivity index (χ1) is 9.43. The molecule has 1 atom stereocenters. The number of aromatic nitrogens is 2. The summed E-state index contributed by atoms with van der Waals surface area (Å²) in [6, 6.07) is -0.0760. The molecule has 20 heavy (non-hydrogen) atoms. The molecule has 0 spiro atoms. The normalized spacial score (nSPS) is 13.4. The van der Waals surface area contributed by atoms with Crippen molar-refractivity contribution in [3.63, 3.8) is 0 Å². The van der Waals surface area contributed by atoms with E-state index in [1.54, 1.807) is 18.8 Å². The van der Waals surface area contributed by atoms with E-state index in [2.05, 4.69) is 15.3 Å². The Morgan fingerprint density at radius 3 is 2.50 bits per heavy atom. The average molecular weight is 318 g/mol. The maximum absolute atomic E-state index is 12.4. The molecule has 114 valence electrons. The van der Waals surface area contributed by atoms with Crippen molar-refractivity contribution in [2.75, 3.05) is 30.9 Å². The SMILES string of the molecule is CCCNc1ncc(S(=O)(=O)N(C)C(C)CSC)cn1. The topological polar surface area (TPSA) is 75.2 Å². The van der Waals surface area contributed by atoms with Crippen molar-refractivity contribution in [2.24, 2.45) is 0 Å². The van der Waals surface area contributed by atoms with Crippen molar-refractivity contribution in [1.29, 1.82) is 0 Å². The molecule has 0 radical (unpaired) electrons. The van der Waals surface area contributed by atoms with E-state index in [4.69, 9.17) is 0 Å². The zero-order valence-corrected chi connectivity index (χ0v) is 14.0. The molecular formula is C12H22N4O2S2. The molecule has 0 saturated carbocycles. The molecule has 1 unspecified atom stereocenters. The Hall–Kier alpha value is -0.860. The molecule has 1 aromatic heterocycles. The van der Waals surface area contributed by atoms with Gasteiger partial charge in [-0.1, -0.05) is 6.92 Å². The fourth-order valence-corrected chi connectivity index (χ4v) is 3.58. The predicted molar refractivity (Wildman–Crippen MR) is 83.6 cm³/mol. The summed E-state index contributed by atoms with van der Waals surface area (Å²) < 4.78 is 26.1. The Kier molecular flexibility index (Phi) is 6.70. The quantitative estimate of drug-likeness (QED) is 0.786. The lowest BCUT2D eigenvalue weighted by Gasteiger charge is -2.23. The standard InChI is InChI=1S/C12H22N4O2S2/c1-5-6-13-12-14-7-11(8-15-12)20(17,18)16(3)10(2)9-19-4/h7-8,10H,5-6,9H2,1-4H3,(H,13,14,15). The fourth-order valence-electron chi connectivity index (χ4n) is 1.53. The second-order valence-electron chi connectivity index (χ2n) is 4.49. The highest BCUT2D eigenvalue weighted by Gasteiger charge is 2.25. The van der Waals surface area contributed by atoms with Crippen LogP contribution >= 0.6 is 11.8 Å². The Bertz CT molecular complexity index is 505. The maximum atomic E-state index is 12.4. The second kappa shape index (κ2) is 7.80. The van der Waals surface area contributed by atoms with E-state index in [1.807, 2.05) is 20.1 Å². The van der Waals surface area contributed by atoms with E-state index in [0.717, 1.165) is 18.7 Å². The third-order valence-electron chi connectivity index (χ3n) is 2.87. The van der Waals surface area contributed by atoms with Crippen LogP contribution < -0.4 is 5.32 Å². The number of sulfonamides is 1. The van der Waals surface area contributed by atoms with Crippen LogP contribution in [0.15, 0.2) is 17.3 Å². The Morgan fingerprint density at radius 2 is 2.00 bits per heavy atom. The van der Waals surface area contributed by atoms with E-state index in [-0.39, 0.29) is 10.9 Å². The van der Waals surface area contributed by atoms with Gasteiger partial charge in [0.15, 0.2) is 0 Å². The van der Waals surface area contributed by atoms with Crippen LogP contribution in [0.25, 0.3) is 0 Å². The van der Waals surface area contributed by atoms with Gasteiger partial charge >= 0.3 is 0 Å². The summed E-state index contributed by atoms with van der Waals surface area (Å²) in [5.74, 6) is 1.19. The summed E-state index contributed by atoms with van der Waals surface area (Å²) in [5.41, 5.74) is 0. The summed E-state index contributed by atoms with van der Waals surface area (Å²) in [6.45, 7) is 4.68. The number of nitrogens with zero attached hydrogens (tertiary/aromatic N) is 3. The van der Waals surface area contributed by atoms with Crippen LogP contribution in [-0.4, -0.2) is 54.3 Å². The van der Waals surface area contributed by atoms with Crippen molar-refractivity contribution >= 4 is 27.7 Å². The van der Waals surface area contributed by atoms with Gasteiger partial charge in [0.05, 0.1) is 12.4 Å². The van der Waals surface area contributed by atoms with Crippen LogP contribution in [0.5, 0.6) is 0 Å². The van der Waals surface area contributed by atoms with Gasteiger partial charge in [0.1, 0.15) is 4.90 Å². The third-order valence-corrected chi connectivity index (χ3v) is 5.61. The molecule has 0 aliphatic heterocycles. The average Bonchev–Trinajstić information content (AvgIpc) is 2.45. The summed E-state index contributed by atoms with van der Waals surface area (Å²) >= 11 is 1.61. The Labute approximate surface area is 125 Å². The minimum atomic E-state index is -3.53. The largest absolute Gasteiger partial charge is 0.354 e. The first-order valence-electron chi connectivity index (χ1n) is 6.46. The Morgan fingerprint density at radius 1 is 1.40 bits per heavy atom. The molecule has 0 aromatic carbocycles. The number of nitrogens with one attached hydrogen (secondary N) is 1. The van der Waals surface area contributed by atoms with E-state index >= 15 is 0 Å². The van der Waals surface area contributed by atoms with Crippen LogP contribution in [-0.2, 0) is 10.0 Å². The summed E-state index contributed by atoms with van der Waals surface area (Å²) in [5, 5.41) is 3.01. The first-order valence-corrected chi connectivity index (χ1v) is 9.29. The number of anilines is 1. The third kappa shape index (κ3) is 4.32. The smallest absolute Gasteiger partial charge is 0.246 e. The molecule has 0 aliphatic rings. The van der Waals surface area contributed by atoms with Gasteiger partial charge in [0.25, 0.3) is 0 Å². The van der Waals surface area contributed by atoms with Crippen LogP contribution in [0.4, 0.5) is 5.95 Å². The van der Waals surface area contributed by atoms with Crippen molar-refractivity contribution < 1.29 is 8.42 Å². The lowest BCUT2D eigenvalue weighted by Crippen LogP contribution is -2.36. The van der Waals surface area contributed by atoms with E-state index < -0.39 is 10.0 Å². The van der Waals surface area contributed by atoms with Crippen molar-refractivity contribution in [3.05, 3.63) is 12.4 Å². The van der Waals surface area contributed by atoms with Gasteiger partial charge in [0.2, 0.25) is 16.0 Å². The molecule has 1 rings (SSSR count). The van der Waals surface area contributed by atoms with Gasteiger partial charge in [-0.05, 0) is 19.6 Å². The highest BCUT2D eigenvalue weighted by atomic mass is 32.2. The highest BCUT2D eigenvalue weighted by Crippen LogP contribution is 2.17. The molecule has 1 aromatic rings. The van der Waals surface area contributed by atoms with E-state index in [9.17, 15) is 8.42 Å². The van der Waals surface area contributed by atoms with E-state index in [0.29, 0.717) is 5.95 Å². The van der Waals surface area contributed by atoms with Gasteiger partial charge in [0, 0.05) is 25.4 Å². The van der Waals surface area contributed by atoms with Gasteiger partial charge < -0.3 is 5.32 Å². The molecule has 0 fully saturated rings. The van der Waals surface area contributed by atoms with Crippen molar-refractivity contribution in [3.8, 4) is 0 Å². The molecule has 1 N–H and O–H groups in total. The number of hydrogen-bond donors (Lipinski definition) is 1. The number of rotatable bonds is 8. The lowest BCUT2D eigenvalue weighted by atomic mass is 10.4. The van der Waals surface area contributed by atoms with Gasteiger partial charge in [-0.2, -0.15) is 16.1 Å². The fraction of sp³-hybridized carbons (Fsp3) is 0.667. The molecule has 0 amide bonds. The zero-order chi connectivity index (χ0) is 15.2. The number of thioether (sulfide) groups is 1. The van der Waals surface area contributed by atoms with Crippen LogP contribution in [0, 0.1) is 0 Å². The molecule has 0 bridgehead atoms. The van der Waals surface area contributed by atoms with Gasteiger partial charge in [-0.3, -0.25) is 0 Å². The molecule has 8 heteroatoms. The molecule has 6 nitrogen and oxygen atoms in total. The molecule has 0 aliphatic carbocycles. The van der Waals surface area contributed by atoms with Crippen LogP contribution in [0.3, 0.4) is 0 Å². The summed E-state index contributed by atoms with van der Waals surface area (Å²) in [4.78, 5) is 8.19. The first kappa shape index (κ1) is 17.2. The zero-order valence-electron chi connectivity index (χ0n) is 12.3.